The van der Waals surface area contributed by atoms with Crippen LogP contribution in [0.1, 0.15) is 10.4 Å². The van der Waals surface area contributed by atoms with Gasteiger partial charge in [0.25, 0.3) is 0 Å². The molecular weight excluding hydrogens is 245 g/mol. The van der Waals surface area contributed by atoms with Crippen molar-refractivity contribution in [3.05, 3.63) is 59.4 Å². The van der Waals surface area contributed by atoms with E-state index < -0.39 is 29.0 Å². The molecule has 0 amide bonds. The lowest BCUT2D eigenvalue weighted by Crippen LogP contribution is -1.99. The lowest BCUT2D eigenvalue weighted by atomic mass is 10.0. The Kier molecular flexibility index (Phi) is 3.06. The van der Waals surface area contributed by atoms with Gasteiger partial charge in [0.1, 0.15) is 17.5 Å². The predicted octanol–water partition coefficient (Wildman–Crippen LogP) is 3.47. The van der Waals surface area contributed by atoms with Crippen LogP contribution in [0, 0.1) is 17.5 Å². The van der Waals surface area contributed by atoms with Crippen molar-refractivity contribution in [2.45, 2.75) is 0 Å². The summed E-state index contributed by atoms with van der Waals surface area (Å²) in [5, 5.41) is 8.67. The zero-order valence-corrected chi connectivity index (χ0v) is 8.95. The topological polar surface area (TPSA) is 37.3 Å². The minimum Gasteiger partial charge on any atom is -0.478 e. The summed E-state index contributed by atoms with van der Waals surface area (Å²) < 4.78 is 40.6. The van der Waals surface area contributed by atoms with Gasteiger partial charge in [0.15, 0.2) is 0 Å². The van der Waals surface area contributed by atoms with E-state index in [9.17, 15) is 18.0 Å². The number of carboxylic acids is 1. The maximum atomic E-state index is 13.7. The maximum absolute atomic E-state index is 13.7. The SMILES string of the molecule is O=C(O)c1ccc(-c2c(F)cccc2F)c(F)c1. The Morgan fingerprint density at radius 2 is 1.56 bits per heavy atom. The number of hydrogen-bond donors (Lipinski definition) is 1. The Morgan fingerprint density at radius 1 is 0.944 bits per heavy atom. The van der Waals surface area contributed by atoms with Gasteiger partial charge in [-0.05, 0) is 24.3 Å². The highest BCUT2D eigenvalue weighted by atomic mass is 19.1. The van der Waals surface area contributed by atoms with Gasteiger partial charge in [0, 0.05) is 5.56 Å². The van der Waals surface area contributed by atoms with Crippen molar-refractivity contribution in [2.75, 3.05) is 0 Å². The Hall–Kier alpha value is -2.30. The molecule has 2 aromatic rings. The van der Waals surface area contributed by atoms with Crippen LogP contribution in [0.15, 0.2) is 36.4 Å². The van der Waals surface area contributed by atoms with Gasteiger partial charge in [0.05, 0.1) is 11.1 Å². The summed E-state index contributed by atoms with van der Waals surface area (Å²) in [6.45, 7) is 0. The molecule has 0 saturated carbocycles. The summed E-state index contributed by atoms with van der Waals surface area (Å²) >= 11 is 0. The zero-order chi connectivity index (χ0) is 13.3. The van der Waals surface area contributed by atoms with Gasteiger partial charge in [-0.25, -0.2) is 18.0 Å². The lowest BCUT2D eigenvalue weighted by Gasteiger charge is -2.07. The highest BCUT2D eigenvalue weighted by molar-refractivity contribution is 5.88. The maximum Gasteiger partial charge on any atom is 0.335 e. The van der Waals surface area contributed by atoms with Crippen LogP contribution < -0.4 is 0 Å². The molecule has 0 aliphatic carbocycles. The van der Waals surface area contributed by atoms with Gasteiger partial charge in [0.2, 0.25) is 0 Å². The molecule has 0 spiro atoms. The highest BCUT2D eigenvalue weighted by Gasteiger charge is 2.16. The molecule has 2 aromatic carbocycles. The van der Waals surface area contributed by atoms with Crippen molar-refractivity contribution in [1.82, 2.24) is 0 Å². The lowest BCUT2D eigenvalue weighted by molar-refractivity contribution is 0.0696. The van der Waals surface area contributed by atoms with E-state index in [1.165, 1.54) is 0 Å². The van der Waals surface area contributed by atoms with E-state index >= 15 is 0 Å². The third-order valence-corrected chi connectivity index (χ3v) is 2.45. The zero-order valence-electron chi connectivity index (χ0n) is 8.95. The van der Waals surface area contributed by atoms with Crippen molar-refractivity contribution in [3.63, 3.8) is 0 Å². The van der Waals surface area contributed by atoms with Crippen LogP contribution in [0.5, 0.6) is 0 Å². The fourth-order valence-electron chi connectivity index (χ4n) is 1.61. The van der Waals surface area contributed by atoms with Gasteiger partial charge in [-0.3, -0.25) is 0 Å². The largest absolute Gasteiger partial charge is 0.478 e. The smallest absolute Gasteiger partial charge is 0.335 e. The molecule has 5 heteroatoms. The number of benzene rings is 2. The molecule has 18 heavy (non-hydrogen) atoms. The predicted molar refractivity (Wildman–Crippen MR) is 58.7 cm³/mol. The number of aromatic carboxylic acids is 1. The first-order valence-corrected chi connectivity index (χ1v) is 4.98. The van der Waals surface area contributed by atoms with E-state index in [2.05, 4.69) is 0 Å². The van der Waals surface area contributed by atoms with E-state index in [1.807, 2.05) is 0 Å². The number of rotatable bonds is 2. The standard InChI is InChI=1S/C13H7F3O2/c14-9-2-1-3-10(15)12(9)8-5-4-7(13(17)18)6-11(8)16/h1-6H,(H,17,18). The molecule has 0 aromatic heterocycles. The van der Waals surface area contributed by atoms with Crippen LogP contribution >= 0.6 is 0 Å². The van der Waals surface area contributed by atoms with Crippen LogP contribution in [0.4, 0.5) is 13.2 Å². The monoisotopic (exact) mass is 252 g/mol. The molecular formula is C13H7F3O2. The Morgan fingerprint density at radius 3 is 2.06 bits per heavy atom. The van der Waals surface area contributed by atoms with E-state index in [0.717, 1.165) is 36.4 Å². The fraction of sp³-hybridized carbons (Fsp3) is 0. The van der Waals surface area contributed by atoms with Gasteiger partial charge < -0.3 is 5.11 Å². The van der Waals surface area contributed by atoms with Crippen LogP contribution in [0.3, 0.4) is 0 Å². The molecule has 0 aliphatic rings. The molecule has 0 fully saturated rings. The summed E-state index contributed by atoms with van der Waals surface area (Å²) in [6.07, 6.45) is 0. The minimum absolute atomic E-state index is 0.284. The van der Waals surface area contributed by atoms with Gasteiger partial charge in [-0.2, -0.15) is 0 Å². The summed E-state index contributed by atoms with van der Waals surface area (Å²) in [5.74, 6) is -4.11. The van der Waals surface area contributed by atoms with Crippen molar-refractivity contribution in [1.29, 1.82) is 0 Å². The van der Waals surface area contributed by atoms with E-state index in [4.69, 9.17) is 5.11 Å². The third-order valence-electron chi connectivity index (χ3n) is 2.45. The molecule has 0 unspecified atom stereocenters. The van der Waals surface area contributed by atoms with E-state index in [0.29, 0.717) is 0 Å². The average Bonchev–Trinajstić information content (AvgIpc) is 2.30. The van der Waals surface area contributed by atoms with Crippen LogP contribution in [-0.4, -0.2) is 11.1 Å². The number of hydrogen-bond acceptors (Lipinski definition) is 1. The van der Waals surface area contributed by atoms with Gasteiger partial charge >= 0.3 is 5.97 Å². The van der Waals surface area contributed by atoms with Crippen molar-refractivity contribution in [2.24, 2.45) is 0 Å². The molecule has 0 saturated heterocycles. The van der Waals surface area contributed by atoms with Crippen LogP contribution in [0.2, 0.25) is 0 Å². The molecule has 0 heterocycles. The van der Waals surface area contributed by atoms with Crippen LogP contribution in [0.25, 0.3) is 11.1 Å². The first-order chi connectivity index (χ1) is 8.50. The first-order valence-electron chi connectivity index (χ1n) is 4.98. The van der Waals surface area contributed by atoms with Crippen molar-refractivity contribution >= 4 is 5.97 Å². The average molecular weight is 252 g/mol. The number of carboxylic acid groups (broad SMARTS) is 1. The van der Waals surface area contributed by atoms with E-state index in [1.54, 1.807) is 0 Å². The third kappa shape index (κ3) is 2.07. The Labute approximate surface area is 100 Å². The molecule has 1 N–H and O–H groups in total. The summed E-state index contributed by atoms with van der Waals surface area (Å²) in [6, 6.07) is 6.03. The molecule has 0 aliphatic heterocycles. The molecule has 0 atom stereocenters. The van der Waals surface area contributed by atoms with Gasteiger partial charge in [-0.15, -0.1) is 0 Å². The molecule has 2 rings (SSSR count). The van der Waals surface area contributed by atoms with Crippen LogP contribution in [-0.2, 0) is 0 Å². The second kappa shape index (κ2) is 4.52. The summed E-state index contributed by atoms with van der Waals surface area (Å²) in [7, 11) is 0. The summed E-state index contributed by atoms with van der Waals surface area (Å²) in [5.41, 5.74) is -1.10. The highest BCUT2D eigenvalue weighted by Crippen LogP contribution is 2.28. The second-order valence-corrected chi connectivity index (χ2v) is 3.60. The molecule has 0 radical (unpaired) electrons. The Bertz CT molecular complexity index is 603. The van der Waals surface area contributed by atoms with Gasteiger partial charge in [-0.1, -0.05) is 12.1 Å². The van der Waals surface area contributed by atoms with E-state index in [-0.39, 0.29) is 11.1 Å². The van der Waals surface area contributed by atoms with Crippen molar-refractivity contribution < 1.29 is 23.1 Å². The number of halogens is 3. The molecule has 92 valence electrons. The quantitative estimate of drug-likeness (QED) is 0.888. The second-order valence-electron chi connectivity index (χ2n) is 3.60. The number of carbonyl (C=O) groups is 1. The normalized spacial score (nSPS) is 10.4. The molecule has 0 bridgehead atoms. The van der Waals surface area contributed by atoms with Crippen molar-refractivity contribution in [3.8, 4) is 11.1 Å². The first kappa shape index (κ1) is 12.2. The minimum atomic E-state index is -1.31. The fourth-order valence-corrected chi connectivity index (χ4v) is 1.61. The Balaban J connectivity index is 2.62. The summed E-state index contributed by atoms with van der Waals surface area (Å²) in [4.78, 5) is 10.6. The molecule has 2 nitrogen and oxygen atoms in total.